The molecule has 1 atom stereocenters. The Kier molecular flexibility index (Phi) is 3.41. The monoisotopic (exact) mass is 239 g/mol. The summed E-state index contributed by atoms with van der Waals surface area (Å²) in [5, 5.41) is 0. The van der Waals surface area contributed by atoms with Gasteiger partial charge in [0.15, 0.2) is 11.6 Å². The number of halogens is 2. The van der Waals surface area contributed by atoms with Crippen LogP contribution in [0.15, 0.2) is 18.2 Å². The third-order valence-corrected chi connectivity index (χ3v) is 3.25. The SMILES string of the molecule is CC1CCCCN1C(=O)c1cccc(F)c1F. The Morgan fingerprint density at radius 3 is 2.82 bits per heavy atom. The number of hydrogen-bond donors (Lipinski definition) is 0. The van der Waals surface area contributed by atoms with Gasteiger partial charge in [0.1, 0.15) is 0 Å². The fraction of sp³-hybridized carbons (Fsp3) is 0.462. The first kappa shape index (κ1) is 12.0. The van der Waals surface area contributed by atoms with Crippen molar-refractivity contribution in [3.8, 4) is 0 Å². The van der Waals surface area contributed by atoms with Crippen LogP contribution in [-0.2, 0) is 0 Å². The zero-order valence-electron chi connectivity index (χ0n) is 9.75. The van der Waals surface area contributed by atoms with Crippen molar-refractivity contribution in [1.82, 2.24) is 4.90 Å². The predicted octanol–water partition coefficient (Wildman–Crippen LogP) is 2.98. The van der Waals surface area contributed by atoms with Crippen LogP contribution in [0.5, 0.6) is 0 Å². The summed E-state index contributed by atoms with van der Waals surface area (Å²) < 4.78 is 26.6. The molecule has 1 heterocycles. The van der Waals surface area contributed by atoms with E-state index in [1.165, 1.54) is 12.1 Å². The minimum Gasteiger partial charge on any atom is -0.336 e. The van der Waals surface area contributed by atoms with Gasteiger partial charge in [0, 0.05) is 12.6 Å². The van der Waals surface area contributed by atoms with E-state index in [4.69, 9.17) is 0 Å². The van der Waals surface area contributed by atoms with E-state index in [9.17, 15) is 13.6 Å². The van der Waals surface area contributed by atoms with Crippen LogP contribution in [0.4, 0.5) is 8.78 Å². The number of carbonyl (C=O) groups excluding carboxylic acids is 1. The second-order valence-electron chi connectivity index (χ2n) is 4.44. The highest BCUT2D eigenvalue weighted by molar-refractivity contribution is 5.94. The lowest BCUT2D eigenvalue weighted by Gasteiger charge is -2.33. The normalized spacial score (nSPS) is 20.4. The van der Waals surface area contributed by atoms with Crippen LogP contribution in [-0.4, -0.2) is 23.4 Å². The lowest BCUT2D eigenvalue weighted by molar-refractivity contribution is 0.0629. The highest BCUT2D eigenvalue weighted by Crippen LogP contribution is 2.21. The molecule has 1 aliphatic rings. The van der Waals surface area contributed by atoms with Gasteiger partial charge in [-0.3, -0.25) is 4.79 Å². The Labute approximate surface area is 99.2 Å². The first-order valence-corrected chi connectivity index (χ1v) is 5.86. The number of amides is 1. The lowest BCUT2D eigenvalue weighted by atomic mass is 10.0. The standard InChI is InChI=1S/C13H15F2NO/c1-9-5-2-3-8-16(9)13(17)10-6-4-7-11(14)12(10)15/h4,6-7,9H,2-3,5,8H2,1H3. The van der Waals surface area contributed by atoms with Crippen molar-refractivity contribution >= 4 is 5.91 Å². The number of piperidine rings is 1. The summed E-state index contributed by atoms with van der Waals surface area (Å²) >= 11 is 0. The van der Waals surface area contributed by atoms with Crippen LogP contribution in [0.1, 0.15) is 36.5 Å². The molecule has 4 heteroatoms. The van der Waals surface area contributed by atoms with E-state index >= 15 is 0 Å². The Hall–Kier alpha value is -1.45. The van der Waals surface area contributed by atoms with Crippen molar-refractivity contribution in [3.05, 3.63) is 35.4 Å². The number of hydrogen-bond acceptors (Lipinski definition) is 1. The number of rotatable bonds is 1. The second-order valence-corrected chi connectivity index (χ2v) is 4.44. The van der Waals surface area contributed by atoms with Gasteiger partial charge in [-0.15, -0.1) is 0 Å². The smallest absolute Gasteiger partial charge is 0.257 e. The van der Waals surface area contributed by atoms with E-state index in [0.29, 0.717) is 6.54 Å². The second kappa shape index (κ2) is 4.82. The van der Waals surface area contributed by atoms with Gasteiger partial charge in [-0.25, -0.2) is 8.78 Å². The number of carbonyl (C=O) groups is 1. The summed E-state index contributed by atoms with van der Waals surface area (Å²) in [7, 11) is 0. The van der Waals surface area contributed by atoms with Crippen LogP contribution in [0, 0.1) is 11.6 Å². The molecule has 1 fully saturated rings. The maximum atomic E-state index is 13.5. The fourth-order valence-corrected chi connectivity index (χ4v) is 2.22. The van der Waals surface area contributed by atoms with Crippen molar-refractivity contribution in [1.29, 1.82) is 0 Å². The third-order valence-electron chi connectivity index (χ3n) is 3.25. The number of benzene rings is 1. The molecule has 1 saturated heterocycles. The van der Waals surface area contributed by atoms with Gasteiger partial charge in [-0.1, -0.05) is 6.07 Å². The molecule has 1 unspecified atom stereocenters. The van der Waals surface area contributed by atoms with Gasteiger partial charge in [-0.05, 0) is 38.3 Å². The van der Waals surface area contributed by atoms with E-state index in [2.05, 4.69) is 0 Å². The Bertz CT molecular complexity index is 433. The molecular weight excluding hydrogens is 224 g/mol. The molecule has 2 nitrogen and oxygen atoms in total. The third kappa shape index (κ3) is 2.30. The van der Waals surface area contributed by atoms with Crippen LogP contribution < -0.4 is 0 Å². The largest absolute Gasteiger partial charge is 0.336 e. The zero-order valence-corrected chi connectivity index (χ0v) is 9.75. The predicted molar refractivity (Wildman–Crippen MR) is 60.7 cm³/mol. The average Bonchev–Trinajstić information content (AvgIpc) is 2.32. The molecule has 0 N–H and O–H groups in total. The number of nitrogens with zero attached hydrogens (tertiary/aromatic N) is 1. The highest BCUT2D eigenvalue weighted by atomic mass is 19.2. The molecule has 0 aliphatic carbocycles. The van der Waals surface area contributed by atoms with E-state index in [1.807, 2.05) is 6.92 Å². The number of likely N-dealkylation sites (tertiary alicyclic amines) is 1. The van der Waals surface area contributed by atoms with Crippen LogP contribution in [0.2, 0.25) is 0 Å². The van der Waals surface area contributed by atoms with Crippen LogP contribution in [0.25, 0.3) is 0 Å². The van der Waals surface area contributed by atoms with Crippen molar-refractivity contribution in [2.75, 3.05) is 6.54 Å². The summed E-state index contributed by atoms with van der Waals surface area (Å²) in [5.41, 5.74) is -0.168. The molecule has 0 bridgehead atoms. The fourth-order valence-electron chi connectivity index (χ4n) is 2.22. The molecule has 2 rings (SSSR count). The Balaban J connectivity index is 2.27. The molecule has 17 heavy (non-hydrogen) atoms. The molecular formula is C13H15F2NO. The molecule has 0 saturated carbocycles. The summed E-state index contributed by atoms with van der Waals surface area (Å²) in [6.07, 6.45) is 2.92. The molecule has 0 spiro atoms. The van der Waals surface area contributed by atoms with Crippen LogP contribution >= 0.6 is 0 Å². The molecule has 0 aromatic heterocycles. The highest BCUT2D eigenvalue weighted by Gasteiger charge is 2.26. The summed E-state index contributed by atoms with van der Waals surface area (Å²) in [6.45, 7) is 2.56. The van der Waals surface area contributed by atoms with E-state index < -0.39 is 17.5 Å². The summed E-state index contributed by atoms with van der Waals surface area (Å²) in [6, 6.07) is 3.81. The topological polar surface area (TPSA) is 20.3 Å². The molecule has 1 aromatic carbocycles. The summed E-state index contributed by atoms with van der Waals surface area (Å²) in [5.74, 6) is -2.43. The molecule has 1 aliphatic heterocycles. The maximum absolute atomic E-state index is 13.5. The minimum atomic E-state index is -1.05. The Morgan fingerprint density at radius 2 is 2.12 bits per heavy atom. The van der Waals surface area contributed by atoms with Crippen molar-refractivity contribution < 1.29 is 13.6 Å². The lowest BCUT2D eigenvalue weighted by Crippen LogP contribution is -2.42. The van der Waals surface area contributed by atoms with Crippen molar-refractivity contribution in [2.24, 2.45) is 0 Å². The molecule has 1 amide bonds. The zero-order chi connectivity index (χ0) is 12.4. The minimum absolute atomic E-state index is 0.0962. The first-order valence-electron chi connectivity index (χ1n) is 5.86. The first-order chi connectivity index (χ1) is 8.11. The van der Waals surface area contributed by atoms with Gasteiger partial charge < -0.3 is 4.90 Å². The van der Waals surface area contributed by atoms with Crippen LogP contribution in [0.3, 0.4) is 0 Å². The summed E-state index contributed by atoms with van der Waals surface area (Å²) in [4.78, 5) is 13.7. The van der Waals surface area contributed by atoms with Crippen molar-refractivity contribution in [3.63, 3.8) is 0 Å². The van der Waals surface area contributed by atoms with Gasteiger partial charge in [0.25, 0.3) is 5.91 Å². The maximum Gasteiger partial charge on any atom is 0.257 e. The quantitative estimate of drug-likeness (QED) is 0.737. The van der Waals surface area contributed by atoms with E-state index in [-0.39, 0.29) is 11.6 Å². The van der Waals surface area contributed by atoms with Gasteiger partial charge in [0.05, 0.1) is 5.56 Å². The Morgan fingerprint density at radius 1 is 1.35 bits per heavy atom. The van der Waals surface area contributed by atoms with Gasteiger partial charge >= 0.3 is 0 Å². The molecule has 92 valence electrons. The molecule has 1 aromatic rings. The molecule has 0 radical (unpaired) electrons. The van der Waals surface area contributed by atoms with Gasteiger partial charge in [-0.2, -0.15) is 0 Å². The van der Waals surface area contributed by atoms with Gasteiger partial charge in [0.2, 0.25) is 0 Å². The van der Waals surface area contributed by atoms with E-state index in [0.717, 1.165) is 25.3 Å². The average molecular weight is 239 g/mol. The van der Waals surface area contributed by atoms with E-state index in [1.54, 1.807) is 4.90 Å². The van der Waals surface area contributed by atoms with Crippen molar-refractivity contribution in [2.45, 2.75) is 32.2 Å².